The number of rotatable bonds is 6. The van der Waals surface area contributed by atoms with Gasteiger partial charge in [0.2, 0.25) is 0 Å². The second-order valence-electron chi connectivity index (χ2n) is 8.46. The van der Waals surface area contributed by atoms with Gasteiger partial charge in [-0.3, -0.25) is 9.78 Å². The maximum Gasteiger partial charge on any atom is 0.325 e. The summed E-state index contributed by atoms with van der Waals surface area (Å²) in [6.45, 7) is 10.8. The van der Waals surface area contributed by atoms with Crippen LogP contribution in [0.1, 0.15) is 52.8 Å². The molecule has 0 amide bonds. The maximum absolute atomic E-state index is 12.5. The van der Waals surface area contributed by atoms with Gasteiger partial charge in [-0.1, -0.05) is 24.3 Å². The molecule has 0 radical (unpaired) electrons. The molecule has 1 aromatic carbocycles. The molecule has 2 atom stereocenters. The van der Waals surface area contributed by atoms with Crippen molar-refractivity contribution in [2.75, 3.05) is 13.2 Å². The molecule has 2 unspecified atom stereocenters. The lowest BCUT2D eigenvalue weighted by Crippen LogP contribution is -2.35. The smallest absolute Gasteiger partial charge is 0.325 e. The number of aromatic nitrogens is 2. The minimum absolute atomic E-state index is 0.0841. The predicted molar refractivity (Wildman–Crippen MR) is 134 cm³/mol. The molecule has 7 heteroatoms. The lowest BCUT2D eigenvalue weighted by Gasteiger charge is -2.27. The SMILES string of the molecule is CCOC(=O)CN1C(=S)NC(c2ccccn2)C1c1cc(C)n(-c2c(C)cccc2C)c1C. The minimum Gasteiger partial charge on any atom is -0.465 e. The second kappa shape index (κ2) is 9.35. The highest BCUT2D eigenvalue weighted by Gasteiger charge is 2.42. The van der Waals surface area contributed by atoms with Crippen LogP contribution in [0.5, 0.6) is 0 Å². The Morgan fingerprint density at radius 1 is 1.12 bits per heavy atom. The van der Waals surface area contributed by atoms with Gasteiger partial charge in [-0.25, -0.2) is 0 Å². The largest absolute Gasteiger partial charge is 0.465 e. The van der Waals surface area contributed by atoms with Gasteiger partial charge in [-0.05, 0) is 81.7 Å². The van der Waals surface area contributed by atoms with Crippen molar-refractivity contribution in [1.29, 1.82) is 0 Å². The molecule has 33 heavy (non-hydrogen) atoms. The molecule has 6 nitrogen and oxygen atoms in total. The van der Waals surface area contributed by atoms with Crippen LogP contribution in [-0.2, 0) is 9.53 Å². The van der Waals surface area contributed by atoms with Crippen LogP contribution in [0, 0.1) is 27.7 Å². The fourth-order valence-corrected chi connectivity index (χ4v) is 5.15. The van der Waals surface area contributed by atoms with Crippen molar-refractivity contribution in [2.24, 2.45) is 0 Å². The van der Waals surface area contributed by atoms with E-state index in [9.17, 15) is 4.79 Å². The fourth-order valence-electron chi connectivity index (χ4n) is 4.85. The van der Waals surface area contributed by atoms with Gasteiger partial charge in [-0.2, -0.15) is 0 Å². The summed E-state index contributed by atoms with van der Waals surface area (Å²) in [5.74, 6) is -0.295. The highest BCUT2D eigenvalue weighted by atomic mass is 32.1. The number of benzene rings is 1. The molecule has 4 rings (SSSR count). The van der Waals surface area contributed by atoms with E-state index in [4.69, 9.17) is 17.0 Å². The topological polar surface area (TPSA) is 59.4 Å². The van der Waals surface area contributed by atoms with Gasteiger partial charge in [0, 0.05) is 17.6 Å². The first kappa shape index (κ1) is 23.0. The summed E-state index contributed by atoms with van der Waals surface area (Å²) >= 11 is 5.69. The van der Waals surface area contributed by atoms with Gasteiger partial charge < -0.3 is 19.5 Å². The van der Waals surface area contributed by atoms with Crippen LogP contribution in [0.25, 0.3) is 5.69 Å². The summed E-state index contributed by atoms with van der Waals surface area (Å²) in [5.41, 5.74) is 7.88. The Balaban J connectivity index is 1.85. The highest BCUT2D eigenvalue weighted by molar-refractivity contribution is 7.80. The number of pyridine rings is 1. The zero-order chi connectivity index (χ0) is 23.7. The number of thiocarbonyl (C=S) groups is 1. The Morgan fingerprint density at radius 3 is 2.48 bits per heavy atom. The third kappa shape index (κ3) is 4.25. The van der Waals surface area contributed by atoms with E-state index < -0.39 is 0 Å². The molecule has 0 bridgehead atoms. The molecule has 0 saturated carbocycles. The molecule has 172 valence electrons. The normalized spacial score (nSPS) is 17.8. The number of carbonyl (C=O) groups is 1. The monoisotopic (exact) mass is 462 g/mol. The Kier molecular flexibility index (Phi) is 6.51. The van der Waals surface area contributed by atoms with Crippen LogP contribution in [0.2, 0.25) is 0 Å². The van der Waals surface area contributed by atoms with Crippen molar-refractivity contribution < 1.29 is 9.53 Å². The van der Waals surface area contributed by atoms with E-state index in [-0.39, 0.29) is 24.6 Å². The van der Waals surface area contributed by atoms with Crippen molar-refractivity contribution in [3.63, 3.8) is 0 Å². The minimum atomic E-state index is -0.295. The molecule has 0 aliphatic carbocycles. The fraction of sp³-hybridized carbons (Fsp3) is 0.346. The Bertz CT molecular complexity index is 1170. The summed E-state index contributed by atoms with van der Waals surface area (Å²) < 4.78 is 7.55. The van der Waals surface area contributed by atoms with E-state index in [2.05, 4.69) is 66.8 Å². The van der Waals surface area contributed by atoms with Crippen LogP contribution >= 0.6 is 12.2 Å². The first-order valence-electron chi connectivity index (χ1n) is 11.2. The van der Waals surface area contributed by atoms with Crippen molar-refractivity contribution in [3.05, 3.63) is 82.4 Å². The third-order valence-corrected chi connectivity index (χ3v) is 6.61. The summed E-state index contributed by atoms with van der Waals surface area (Å²) in [4.78, 5) is 19.0. The van der Waals surface area contributed by atoms with E-state index in [1.54, 1.807) is 6.20 Å². The first-order chi connectivity index (χ1) is 15.8. The number of hydrogen-bond acceptors (Lipinski definition) is 4. The van der Waals surface area contributed by atoms with Crippen LogP contribution in [0.4, 0.5) is 0 Å². The van der Waals surface area contributed by atoms with Gasteiger partial charge in [0.15, 0.2) is 5.11 Å². The number of nitrogens with one attached hydrogen (secondary N) is 1. The Morgan fingerprint density at radius 2 is 1.85 bits per heavy atom. The molecule has 0 spiro atoms. The Labute approximate surface area is 200 Å². The highest BCUT2D eigenvalue weighted by Crippen LogP contribution is 2.41. The zero-order valence-electron chi connectivity index (χ0n) is 19.8. The van der Waals surface area contributed by atoms with Gasteiger partial charge >= 0.3 is 5.97 Å². The molecule has 3 aromatic rings. The number of para-hydroxylation sites is 1. The van der Waals surface area contributed by atoms with Crippen LogP contribution in [0.15, 0.2) is 48.7 Å². The van der Waals surface area contributed by atoms with Crippen molar-refractivity contribution >= 4 is 23.3 Å². The summed E-state index contributed by atoms with van der Waals surface area (Å²) in [7, 11) is 0. The summed E-state index contributed by atoms with van der Waals surface area (Å²) in [6, 6.07) is 14.0. The summed E-state index contributed by atoms with van der Waals surface area (Å²) in [5, 5.41) is 3.94. The quantitative estimate of drug-likeness (QED) is 0.425. The molecular formula is C26H30N4O2S. The summed E-state index contributed by atoms with van der Waals surface area (Å²) in [6.07, 6.45) is 1.78. The van der Waals surface area contributed by atoms with E-state index in [0.29, 0.717) is 11.7 Å². The van der Waals surface area contributed by atoms with Gasteiger partial charge in [0.05, 0.1) is 30.1 Å². The van der Waals surface area contributed by atoms with Gasteiger partial charge in [-0.15, -0.1) is 0 Å². The van der Waals surface area contributed by atoms with E-state index >= 15 is 0 Å². The number of esters is 1. The number of ether oxygens (including phenoxy) is 1. The molecule has 3 heterocycles. The first-order valence-corrected chi connectivity index (χ1v) is 11.6. The number of hydrogen-bond donors (Lipinski definition) is 1. The molecule has 1 saturated heterocycles. The molecular weight excluding hydrogens is 432 g/mol. The lowest BCUT2D eigenvalue weighted by atomic mass is 9.96. The predicted octanol–water partition coefficient (Wildman–Crippen LogP) is 4.64. The number of aryl methyl sites for hydroxylation is 3. The van der Waals surface area contributed by atoms with E-state index in [1.165, 1.54) is 16.8 Å². The van der Waals surface area contributed by atoms with Gasteiger partial charge in [0.1, 0.15) is 6.54 Å². The zero-order valence-corrected chi connectivity index (χ0v) is 20.6. The maximum atomic E-state index is 12.5. The Hall–Kier alpha value is -3.19. The molecule has 1 fully saturated rings. The van der Waals surface area contributed by atoms with Crippen LogP contribution in [0.3, 0.4) is 0 Å². The van der Waals surface area contributed by atoms with Crippen LogP contribution in [-0.4, -0.2) is 38.7 Å². The molecule has 1 aliphatic heterocycles. The molecule has 1 aliphatic rings. The third-order valence-electron chi connectivity index (χ3n) is 6.25. The second-order valence-corrected chi connectivity index (χ2v) is 8.85. The lowest BCUT2D eigenvalue weighted by molar-refractivity contribution is -0.143. The van der Waals surface area contributed by atoms with Crippen molar-refractivity contribution in [2.45, 2.75) is 46.7 Å². The van der Waals surface area contributed by atoms with Crippen LogP contribution < -0.4 is 5.32 Å². The average molecular weight is 463 g/mol. The number of carbonyl (C=O) groups excluding carboxylic acids is 1. The molecule has 2 aromatic heterocycles. The standard InChI is InChI=1S/C26H30N4O2S/c1-6-32-22(31)15-29-25(23(28-26(29)33)21-12-7-8-13-27-21)20-14-18(4)30(19(20)5)24-16(2)10-9-11-17(24)3/h7-14,23,25H,6,15H2,1-5H3,(H,28,33). The van der Waals surface area contributed by atoms with Gasteiger partial charge in [0.25, 0.3) is 0 Å². The number of nitrogens with zero attached hydrogens (tertiary/aromatic N) is 3. The van der Waals surface area contributed by atoms with E-state index in [0.717, 1.165) is 22.6 Å². The molecule has 1 N–H and O–H groups in total. The van der Waals surface area contributed by atoms with E-state index in [1.807, 2.05) is 30.0 Å². The van der Waals surface area contributed by atoms with Crippen molar-refractivity contribution in [1.82, 2.24) is 19.8 Å². The average Bonchev–Trinajstić information content (AvgIpc) is 3.25. The van der Waals surface area contributed by atoms with Crippen molar-refractivity contribution in [3.8, 4) is 5.69 Å².